The van der Waals surface area contributed by atoms with Crippen LogP contribution in [-0.2, 0) is 14.3 Å². The molecule has 1 fully saturated rings. The van der Waals surface area contributed by atoms with E-state index in [1.165, 1.54) is 11.8 Å². The molecule has 0 aromatic heterocycles. The summed E-state index contributed by atoms with van der Waals surface area (Å²) in [5, 5.41) is 0.562. The van der Waals surface area contributed by atoms with Crippen LogP contribution in [0.25, 0.3) is 0 Å². The zero-order valence-electron chi connectivity index (χ0n) is 9.89. The van der Waals surface area contributed by atoms with E-state index in [4.69, 9.17) is 4.74 Å². The van der Waals surface area contributed by atoms with Crippen molar-refractivity contribution in [1.29, 1.82) is 0 Å². The largest absolute Gasteiger partial charge is 0.463 e. The maximum Gasteiger partial charge on any atom is 0.310 e. The Labute approximate surface area is 105 Å². The summed E-state index contributed by atoms with van der Waals surface area (Å²) in [6.07, 6.45) is 0.805. The van der Waals surface area contributed by atoms with Gasteiger partial charge in [-0.15, -0.1) is 0 Å². The second-order valence-corrected chi connectivity index (χ2v) is 6.71. The molecular formula is C11H18O3S2. The summed E-state index contributed by atoms with van der Waals surface area (Å²) in [6.45, 7) is 5.31. The number of esters is 1. The third-order valence-electron chi connectivity index (χ3n) is 2.24. The Balaban J connectivity index is 2.29. The fraction of sp³-hybridized carbons (Fsp3) is 0.818. The van der Waals surface area contributed by atoms with Gasteiger partial charge in [-0.25, -0.2) is 0 Å². The van der Waals surface area contributed by atoms with Crippen molar-refractivity contribution in [2.45, 2.75) is 38.5 Å². The highest BCUT2D eigenvalue weighted by molar-refractivity contribution is 8.14. The van der Waals surface area contributed by atoms with Crippen molar-refractivity contribution in [3.05, 3.63) is 0 Å². The van der Waals surface area contributed by atoms with Crippen LogP contribution >= 0.6 is 23.5 Å². The van der Waals surface area contributed by atoms with E-state index in [0.717, 1.165) is 17.9 Å². The number of hydrogen-bond donors (Lipinski definition) is 0. The average Bonchev–Trinajstić information content (AvgIpc) is 2.61. The van der Waals surface area contributed by atoms with E-state index in [2.05, 4.69) is 0 Å². The van der Waals surface area contributed by atoms with Gasteiger partial charge in [-0.05, 0) is 20.3 Å². The second kappa shape index (κ2) is 6.55. The minimum absolute atomic E-state index is 0.0185. The molecule has 0 N–H and O–H groups in total. The number of carbonyl (C=O) groups excluding carboxylic acids is 2. The summed E-state index contributed by atoms with van der Waals surface area (Å²) in [7, 11) is 0. The van der Waals surface area contributed by atoms with Gasteiger partial charge in [0.25, 0.3) is 0 Å². The minimum atomic E-state index is -0.0853. The van der Waals surface area contributed by atoms with Crippen LogP contribution in [0.1, 0.15) is 27.2 Å². The lowest BCUT2D eigenvalue weighted by molar-refractivity contribution is -0.151. The average molecular weight is 262 g/mol. The first-order chi connectivity index (χ1) is 7.49. The highest BCUT2D eigenvalue weighted by Gasteiger charge is 2.32. The van der Waals surface area contributed by atoms with Gasteiger partial charge in [-0.3, -0.25) is 9.59 Å². The van der Waals surface area contributed by atoms with Crippen molar-refractivity contribution >= 4 is 34.6 Å². The maximum absolute atomic E-state index is 11.6. The molecule has 1 aliphatic heterocycles. The van der Waals surface area contributed by atoms with E-state index in [-0.39, 0.29) is 23.1 Å². The van der Waals surface area contributed by atoms with E-state index in [1.54, 1.807) is 18.7 Å². The van der Waals surface area contributed by atoms with Crippen molar-refractivity contribution in [2.75, 3.05) is 11.5 Å². The van der Waals surface area contributed by atoms with Crippen LogP contribution in [0.5, 0.6) is 0 Å². The van der Waals surface area contributed by atoms with Gasteiger partial charge in [0.05, 0.1) is 12.0 Å². The standard InChI is InChI=1S/C11H18O3S2/c1-7(2)14-11(13)9-4-10(16-5-9)6-15-8(3)12/h7,9-10H,4-6H2,1-3H3. The monoisotopic (exact) mass is 262 g/mol. The zero-order valence-corrected chi connectivity index (χ0v) is 11.5. The molecule has 2 unspecified atom stereocenters. The van der Waals surface area contributed by atoms with Crippen molar-refractivity contribution in [3.8, 4) is 0 Å². The molecule has 3 nitrogen and oxygen atoms in total. The Hall–Kier alpha value is -0.160. The van der Waals surface area contributed by atoms with E-state index < -0.39 is 0 Å². The topological polar surface area (TPSA) is 43.4 Å². The molecule has 0 spiro atoms. The molecule has 0 amide bonds. The molecule has 2 atom stereocenters. The zero-order chi connectivity index (χ0) is 12.1. The Morgan fingerprint density at radius 2 is 2.19 bits per heavy atom. The predicted molar refractivity (Wildman–Crippen MR) is 68.7 cm³/mol. The number of ether oxygens (including phenoxy) is 1. The Morgan fingerprint density at radius 3 is 2.75 bits per heavy atom. The summed E-state index contributed by atoms with van der Waals surface area (Å²) in [4.78, 5) is 22.5. The van der Waals surface area contributed by atoms with Crippen LogP contribution in [-0.4, -0.2) is 33.9 Å². The maximum atomic E-state index is 11.6. The molecule has 0 saturated carbocycles. The highest BCUT2D eigenvalue weighted by atomic mass is 32.2. The molecule has 16 heavy (non-hydrogen) atoms. The number of hydrogen-bond acceptors (Lipinski definition) is 5. The molecule has 0 aromatic carbocycles. The Bertz CT molecular complexity index is 266. The third kappa shape index (κ3) is 4.78. The van der Waals surface area contributed by atoms with E-state index in [0.29, 0.717) is 5.25 Å². The van der Waals surface area contributed by atoms with E-state index in [9.17, 15) is 9.59 Å². The molecule has 1 aliphatic rings. The fourth-order valence-electron chi connectivity index (χ4n) is 1.52. The fourth-order valence-corrected chi connectivity index (χ4v) is 3.82. The molecule has 0 aromatic rings. The van der Waals surface area contributed by atoms with Gasteiger partial charge in [0.15, 0.2) is 5.12 Å². The summed E-state index contributed by atoms with van der Waals surface area (Å²) in [5.41, 5.74) is 0. The van der Waals surface area contributed by atoms with Crippen LogP contribution in [0.3, 0.4) is 0 Å². The van der Waals surface area contributed by atoms with Crippen LogP contribution in [0.2, 0.25) is 0 Å². The SMILES string of the molecule is CC(=O)SCC1CC(C(=O)OC(C)C)CS1. The summed E-state index contributed by atoms with van der Waals surface area (Å²) >= 11 is 3.12. The van der Waals surface area contributed by atoms with Gasteiger partial charge in [0.1, 0.15) is 0 Å². The molecular weight excluding hydrogens is 244 g/mol. The van der Waals surface area contributed by atoms with Crippen molar-refractivity contribution in [2.24, 2.45) is 5.92 Å². The van der Waals surface area contributed by atoms with Crippen molar-refractivity contribution in [1.82, 2.24) is 0 Å². The van der Waals surface area contributed by atoms with Gasteiger partial charge in [0.2, 0.25) is 0 Å². The molecule has 0 aliphatic carbocycles. The molecule has 1 heterocycles. The van der Waals surface area contributed by atoms with Crippen LogP contribution < -0.4 is 0 Å². The first-order valence-electron chi connectivity index (χ1n) is 5.44. The first-order valence-corrected chi connectivity index (χ1v) is 7.48. The van der Waals surface area contributed by atoms with Gasteiger partial charge >= 0.3 is 5.97 Å². The summed E-state index contributed by atoms with van der Waals surface area (Å²) < 4.78 is 5.18. The smallest absolute Gasteiger partial charge is 0.310 e. The minimum Gasteiger partial charge on any atom is -0.463 e. The lowest BCUT2D eigenvalue weighted by Gasteiger charge is -2.12. The normalized spacial score (nSPS) is 24.8. The van der Waals surface area contributed by atoms with Gasteiger partial charge < -0.3 is 4.74 Å². The summed E-state index contributed by atoms with van der Waals surface area (Å²) in [6, 6.07) is 0. The molecule has 5 heteroatoms. The quantitative estimate of drug-likeness (QED) is 0.728. The lowest BCUT2D eigenvalue weighted by atomic mass is 10.1. The third-order valence-corrected chi connectivity index (χ3v) is 4.85. The molecule has 1 saturated heterocycles. The van der Waals surface area contributed by atoms with Crippen molar-refractivity contribution < 1.29 is 14.3 Å². The Morgan fingerprint density at radius 1 is 1.50 bits per heavy atom. The molecule has 0 bridgehead atoms. The van der Waals surface area contributed by atoms with Crippen LogP contribution in [0.15, 0.2) is 0 Å². The van der Waals surface area contributed by atoms with Gasteiger partial charge in [-0.1, -0.05) is 11.8 Å². The Kier molecular flexibility index (Phi) is 5.69. The number of carbonyl (C=O) groups is 2. The number of thioether (sulfide) groups is 2. The van der Waals surface area contributed by atoms with E-state index >= 15 is 0 Å². The van der Waals surface area contributed by atoms with Crippen LogP contribution in [0.4, 0.5) is 0 Å². The molecule has 0 radical (unpaired) electrons. The highest BCUT2D eigenvalue weighted by Crippen LogP contribution is 2.34. The number of rotatable bonds is 4. The van der Waals surface area contributed by atoms with Gasteiger partial charge in [0, 0.05) is 23.7 Å². The second-order valence-electron chi connectivity index (χ2n) is 4.18. The lowest BCUT2D eigenvalue weighted by Crippen LogP contribution is -2.21. The van der Waals surface area contributed by atoms with Gasteiger partial charge in [-0.2, -0.15) is 11.8 Å². The van der Waals surface area contributed by atoms with Crippen molar-refractivity contribution in [3.63, 3.8) is 0 Å². The van der Waals surface area contributed by atoms with Crippen LogP contribution in [0, 0.1) is 5.92 Å². The van der Waals surface area contributed by atoms with E-state index in [1.807, 2.05) is 13.8 Å². The summed E-state index contributed by atoms with van der Waals surface area (Å²) in [5.74, 6) is 1.57. The molecule has 92 valence electrons. The first kappa shape index (κ1) is 13.9. The predicted octanol–water partition coefficient (Wildman–Crippen LogP) is 2.34. The molecule has 1 rings (SSSR count).